The van der Waals surface area contributed by atoms with Crippen LogP contribution in [-0.4, -0.2) is 38.7 Å². The van der Waals surface area contributed by atoms with Crippen LogP contribution in [0.4, 0.5) is 5.69 Å². The summed E-state index contributed by atoms with van der Waals surface area (Å²) in [4.78, 5) is 30.9. The number of nitrogens with one attached hydrogen (secondary N) is 1. The minimum absolute atomic E-state index is 0.0411. The predicted octanol–water partition coefficient (Wildman–Crippen LogP) is 3.73. The van der Waals surface area contributed by atoms with Gasteiger partial charge in [-0.25, -0.2) is 4.98 Å². The number of benzene rings is 1. The van der Waals surface area contributed by atoms with E-state index in [0.29, 0.717) is 23.2 Å². The van der Waals surface area contributed by atoms with Crippen molar-refractivity contribution >= 4 is 29.1 Å². The average Bonchev–Trinajstić information content (AvgIpc) is 3.39. The van der Waals surface area contributed by atoms with Crippen molar-refractivity contribution in [1.29, 1.82) is 0 Å². The molecule has 1 saturated carbocycles. The van der Waals surface area contributed by atoms with Crippen molar-refractivity contribution in [3.8, 4) is 0 Å². The number of nitrogens with zero attached hydrogens (tertiary/aromatic N) is 3. The van der Waals surface area contributed by atoms with Crippen molar-refractivity contribution in [2.75, 3.05) is 11.4 Å². The van der Waals surface area contributed by atoms with Gasteiger partial charge in [-0.05, 0) is 49.9 Å². The third kappa shape index (κ3) is 3.65. The zero-order valence-electron chi connectivity index (χ0n) is 15.7. The van der Waals surface area contributed by atoms with Crippen molar-refractivity contribution in [1.82, 2.24) is 15.2 Å². The molecule has 0 spiro atoms. The van der Waals surface area contributed by atoms with E-state index in [-0.39, 0.29) is 16.9 Å². The van der Waals surface area contributed by atoms with Crippen LogP contribution < -0.4 is 4.90 Å². The summed E-state index contributed by atoms with van der Waals surface area (Å²) in [7, 11) is 0. The molecule has 27 heavy (non-hydrogen) atoms. The summed E-state index contributed by atoms with van der Waals surface area (Å²) >= 11 is 1.40. The van der Waals surface area contributed by atoms with E-state index in [1.807, 2.05) is 25.1 Å². The predicted molar refractivity (Wildman–Crippen MR) is 105 cm³/mol. The van der Waals surface area contributed by atoms with E-state index in [1.54, 1.807) is 11.8 Å². The lowest BCUT2D eigenvalue weighted by molar-refractivity contribution is -0.116. The van der Waals surface area contributed by atoms with Crippen molar-refractivity contribution in [2.24, 2.45) is 0 Å². The first kappa shape index (κ1) is 18.2. The molecular weight excluding hydrogens is 360 g/mol. The van der Waals surface area contributed by atoms with Gasteiger partial charge in [-0.1, -0.05) is 24.6 Å². The van der Waals surface area contributed by atoms with Gasteiger partial charge in [-0.2, -0.15) is 0 Å². The molecule has 7 heteroatoms. The zero-order chi connectivity index (χ0) is 19.0. The maximum atomic E-state index is 12.9. The first-order chi connectivity index (χ1) is 13.0. The van der Waals surface area contributed by atoms with E-state index in [1.165, 1.54) is 37.4 Å². The molecule has 1 aromatic heterocycles. The van der Waals surface area contributed by atoms with Crippen LogP contribution in [0.1, 0.15) is 67.2 Å². The van der Waals surface area contributed by atoms with Gasteiger partial charge in [0, 0.05) is 30.6 Å². The molecule has 1 amide bonds. The Morgan fingerprint density at radius 1 is 1.30 bits per heavy atom. The summed E-state index contributed by atoms with van der Waals surface area (Å²) in [5, 5.41) is 7.72. The molecule has 0 unspecified atom stereocenters. The highest BCUT2D eigenvalue weighted by Crippen LogP contribution is 2.34. The number of hydrogen-bond donors (Lipinski definition) is 1. The van der Waals surface area contributed by atoms with Crippen LogP contribution in [0.2, 0.25) is 0 Å². The van der Waals surface area contributed by atoms with Crippen molar-refractivity contribution < 1.29 is 9.59 Å². The van der Waals surface area contributed by atoms with Gasteiger partial charge in [0.15, 0.2) is 5.78 Å². The number of anilines is 1. The highest BCUT2D eigenvalue weighted by atomic mass is 32.2. The van der Waals surface area contributed by atoms with Gasteiger partial charge in [0.25, 0.3) is 0 Å². The first-order valence-electron chi connectivity index (χ1n) is 9.57. The minimum atomic E-state index is -0.263. The largest absolute Gasteiger partial charge is 0.312 e. The highest BCUT2D eigenvalue weighted by Gasteiger charge is 2.26. The number of rotatable bonds is 5. The van der Waals surface area contributed by atoms with Crippen LogP contribution in [0.25, 0.3) is 0 Å². The normalized spacial score (nSPS) is 17.9. The lowest BCUT2D eigenvalue weighted by Crippen LogP contribution is -2.25. The molecule has 4 rings (SSSR count). The molecule has 2 aliphatic rings. The van der Waals surface area contributed by atoms with E-state index in [9.17, 15) is 9.59 Å². The van der Waals surface area contributed by atoms with Gasteiger partial charge in [0.05, 0.1) is 5.25 Å². The van der Waals surface area contributed by atoms with Crippen LogP contribution in [-0.2, 0) is 11.2 Å². The van der Waals surface area contributed by atoms with Crippen molar-refractivity contribution in [3.63, 3.8) is 0 Å². The zero-order valence-corrected chi connectivity index (χ0v) is 16.5. The molecule has 2 aromatic rings. The molecule has 2 heterocycles. The highest BCUT2D eigenvalue weighted by molar-refractivity contribution is 8.00. The first-order valence-corrected chi connectivity index (χ1v) is 10.4. The van der Waals surface area contributed by atoms with E-state index in [2.05, 4.69) is 15.2 Å². The Bertz CT molecular complexity index is 873. The second-order valence-electron chi connectivity index (χ2n) is 7.37. The van der Waals surface area contributed by atoms with Crippen LogP contribution in [0, 0.1) is 0 Å². The number of aromatic amines is 1. The van der Waals surface area contributed by atoms with Crippen LogP contribution in [0.5, 0.6) is 0 Å². The third-order valence-electron chi connectivity index (χ3n) is 5.52. The van der Waals surface area contributed by atoms with Crippen LogP contribution >= 0.6 is 11.8 Å². The summed E-state index contributed by atoms with van der Waals surface area (Å²) in [6.07, 6.45) is 5.63. The summed E-state index contributed by atoms with van der Waals surface area (Å²) in [6, 6.07) is 5.64. The summed E-state index contributed by atoms with van der Waals surface area (Å²) < 4.78 is 0. The molecule has 1 aliphatic carbocycles. The molecular formula is C20H24N4O2S. The van der Waals surface area contributed by atoms with Gasteiger partial charge in [0.1, 0.15) is 5.82 Å². The Morgan fingerprint density at radius 2 is 2.07 bits per heavy atom. The molecule has 1 aliphatic heterocycles. The number of carbonyl (C=O) groups is 2. The Morgan fingerprint density at radius 3 is 2.81 bits per heavy atom. The van der Waals surface area contributed by atoms with Crippen LogP contribution in [0.15, 0.2) is 23.4 Å². The van der Waals surface area contributed by atoms with E-state index < -0.39 is 0 Å². The molecule has 0 saturated heterocycles. The molecule has 1 aromatic carbocycles. The lowest BCUT2D eigenvalue weighted by Gasteiger charge is -2.15. The standard InChI is InChI=1S/C20H24N4O2S/c1-12(27-20-21-19(22-23-20)14-5-3-4-6-14)18(26)16-7-8-17-15(11-16)9-10-24(17)13(2)25/h7-8,11-12,14H,3-6,9-10H2,1-2H3,(H,21,22,23)/t12-/m0/s1. The number of Topliss-reactive ketones (excluding diaryl/α,β-unsaturated/α-hetero) is 1. The Balaban J connectivity index is 1.44. The second kappa shape index (κ2) is 7.46. The summed E-state index contributed by atoms with van der Waals surface area (Å²) in [5.74, 6) is 1.55. The Hall–Kier alpha value is -2.15. The fourth-order valence-corrected chi connectivity index (χ4v) is 4.83. The Kier molecular flexibility index (Phi) is 5.04. The number of H-pyrrole nitrogens is 1. The maximum Gasteiger partial charge on any atom is 0.223 e. The molecule has 0 bridgehead atoms. The fraction of sp³-hybridized carbons (Fsp3) is 0.500. The quantitative estimate of drug-likeness (QED) is 0.628. The van der Waals surface area contributed by atoms with Gasteiger partial charge >= 0.3 is 0 Å². The SMILES string of the molecule is CC(=O)N1CCc2cc(C(=O)[C@H](C)Sc3n[nH]c(C4CCCC4)n3)ccc21. The average molecular weight is 385 g/mol. The number of aromatic nitrogens is 3. The number of thioether (sulfide) groups is 1. The van der Waals surface area contributed by atoms with E-state index in [4.69, 9.17) is 0 Å². The molecule has 1 fully saturated rings. The molecule has 6 nitrogen and oxygen atoms in total. The number of amides is 1. The molecule has 142 valence electrons. The van der Waals surface area contributed by atoms with Gasteiger partial charge in [-0.15, -0.1) is 5.10 Å². The number of ketones is 1. The second-order valence-corrected chi connectivity index (χ2v) is 8.68. The van der Waals surface area contributed by atoms with E-state index in [0.717, 1.165) is 23.5 Å². The molecule has 1 N–H and O–H groups in total. The van der Waals surface area contributed by atoms with Gasteiger partial charge in [-0.3, -0.25) is 14.7 Å². The fourth-order valence-electron chi connectivity index (χ4n) is 4.02. The lowest BCUT2D eigenvalue weighted by atomic mass is 10.0. The third-order valence-corrected chi connectivity index (χ3v) is 6.48. The minimum Gasteiger partial charge on any atom is -0.312 e. The van der Waals surface area contributed by atoms with Crippen molar-refractivity contribution in [3.05, 3.63) is 35.2 Å². The van der Waals surface area contributed by atoms with Gasteiger partial charge < -0.3 is 4.90 Å². The topological polar surface area (TPSA) is 79.0 Å². The van der Waals surface area contributed by atoms with E-state index >= 15 is 0 Å². The van der Waals surface area contributed by atoms with Crippen LogP contribution in [0.3, 0.4) is 0 Å². The number of fused-ring (bicyclic) bond motifs is 1. The number of hydrogen-bond acceptors (Lipinski definition) is 5. The maximum absolute atomic E-state index is 12.9. The molecule has 0 radical (unpaired) electrons. The van der Waals surface area contributed by atoms with Crippen molar-refractivity contribution in [2.45, 2.75) is 62.3 Å². The Labute approximate surface area is 163 Å². The summed E-state index contributed by atoms with van der Waals surface area (Å²) in [6.45, 7) is 4.16. The monoisotopic (exact) mass is 384 g/mol. The molecule has 1 atom stereocenters. The smallest absolute Gasteiger partial charge is 0.223 e. The summed E-state index contributed by atoms with van der Waals surface area (Å²) in [5.41, 5.74) is 2.68. The number of carbonyl (C=O) groups excluding carboxylic acids is 2. The van der Waals surface area contributed by atoms with Gasteiger partial charge in [0.2, 0.25) is 11.1 Å².